The van der Waals surface area contributed by atoms with Crippen LogP contribution in [-0.2, 0) is 0 Å². The lowest BCUT2D eigenvalue weighted by molar-refractivity contribution is 0.230. The largest absolute Gasteiger partial charge is 0.389 e. The molecule has 1 atom stereocenters. The molecule has 0 radical (unpaired) electrons. The van der Waals surface area contributed by atoms with Crippen LogP contribution in [0.2, 0.25) is 0 Å². The van der Waals surface area contributed by atoms with E-state index in [1.54, 1.807) is 6.92 Å². The summed E-state index contributed by atoms with van der Waals surface area (Å²) in [6, 6.07) is 0. The van der Waals surface area contributed by atoms with Crippen LogP contribution in [0.5, 0.6) is 0 Å². The Kier molecular flexibility index (Phi) is 4.05. The first-order valence-corrected chi connectivity index (χ1v) is 3.57. The molecule has 0 spiro atoms. The van der Waals surface area contributed by atoms with Gasteiger partial charge in [0.15, 0.2) is 0 Å². The van der Waals surface area contributed by atoms with Gasteiger partial charge in [-0.15, -0.1) is 0 Å². The fourth-order valence-electron chi connectivity index (χ4n) is 0.711. The van der Waals surface area contributed by atoms with Crippen LogP contribution in [0.4, 0.5) is 0 Å². The molecule has 0 rings (SSSR count). The van der Waals surface area contributed by atoms with E-state index in [9.17, 15) is 0 Å². The maximum atomic E-state index is 9.13. The summed E-state index contributed by atoms with van der Waals surface area (Å²) in [6.45, 7) is 7.70. The summed E-state index contributed by atoms with van der Waals surface area (Å²) in [6.07, 6.45) is 3.65. The van der Waals surface area contributed by atoms with E-state index < -0.39 is 0 Å². The van der Waals surface area contributed by atoms with Gasteiger partial charge < -0.3 is 5.11 Å². The summed E-state index contributed by atoms with van der Waals surface area (Å²) < 4.78 is 0. The van der Waals surface area contributed by atoms with Gasteiger partial charge in [0.2, 0.25) is 0 Å². The minimum atomic E-state index is -0.323. The Morgan fingerprint density at radius 2 is 1.90 bits per heavy atom. The molecule has 1 heteroatoms. The second-order valence-corrected chi connectivity index (χ2v) is 2.54. The van der Waals surface area contributed by atoms with Crippen molar-refractivity contribution in [1.82, 2.24) is 0 Å². The third-order valence-corrected chi connectivity index (χ3v) is 1.67. The molecule has 0 saturated heterocycles. The molecule has 0 fully saturated rings. The van der Waals surface area contributed by atoms with Crippen molar-refractivity contribution in [2.45, 2.75) is 33.8 Å². The third-order valence-electron chi connectivity index (χ3n) is 1.67. The van der Waals surface area contributed by atoms with Crippen LogP contribution in [-0.4, -0.2) is 11.2 Å². The Morgan fingerprint density at radius 1 is 1.40 bits per heavy atom. The normalized spacial score (nSPS) is 17.3. The Balaban J connectivity index is 4.34. The summed E-state index contributed by atoms with van der Waals surface area (Å²) in [5, 5.41) is 9.13. The van der Waals surface area contributed by atoms with Crippen LogP contribution in [0.25, 0.3) is 0 Å². The van der Waals surface area contributed by atoms with Crippen LogP contribution in [0, 0.1) is 0 Å². The molecule has 1 nitrogen and oxygen atoms in total. The van der Waals surface area contributed by atoms with E-state index in [2.05, 4.69) is 0 Å². The highest BCUT2D eigenvalue weighted by Gasteiger charge is 1.99. The summed E-state index contributed by atoms with van der Waals surface area (Å²) in [4.78, 5) is 0. The summed E-state index contributed by atoms with van der Waals surface area (Å²) in [5.74, 6) is 0. The second kappa shape index (κ2) is 4.29. The van der Waals surface area contributed by atoms with E-state index in [-0.39, 0.29) is 6.10 Å². The second-order valence-electron chi connectivity index (χ2n) is 2.54. The zero-order valence-corrected chi connectivity index (χ0v) is 7.18. The summed E-state index contributed by atoms with van der Waals surface area (Å²) in [5.41, 5.74) is 2.19. The van der Waals surface area contributed by atoms with Crippen molar-refractivity contribution in [3.63, 3.8) is 0 Å². The quantitative estimate of drug-likeness (QED) is 0.583. The van der Waals surface area contributed by atoms with Crippen molar-refractivity contribution in [3.8, 4) is 0 Å². The summed E-state index contributed by atoms with van der Waals surface area (Å²) >= 11 is 0. The molecule has 0 heterocycles. The molecule has 0 aliphatic heterocycles. The van der Waals surface area contributed by atoms with Crippen molar-refractivity contribution in [1.29, 1.82) is 0 Å². The van der Waals surface area contributed by atoms with Gasteiger partial charge in [0.25, 0.3) is 0 Å². The van der Waals surface area contributed by atoms with Crippen molar-refractivity contribution >= 4 is 0 Å². The summed E-state index contributed by atoms with van der Waals surface area (Å²) in [7, 11) is 0. The van der Waals surface area contributed by atoms with E-state index >= 15 is 0 Å². The predicted octanol–water partition coefficient (Wildman–Crippen LogP) is 2.28. The molecule has 0 amide bonds. The molecule has 0 aromatic rings. The topological polar surface area (TPSA) is 20.2 Å². The molecule has 0 bridgehead atoms. The number of rotatable bonds is 2. The standard InChI is InChI=1S/C9H16O/c1-5-6-7(2)8(3)9(4)10/h5-6,9-10H,1-4H3/b6-5+,8-7-. The highest BCUT2D eigenvalue weighted by molar-refractivity contribution is 5.23. The number of aliphatic hydroxyl groups is 1. The molecule has 10 heavy (non-hydrogen) atoms. The zero-order chi connectivity index (χ0) is 8.15. The third kappa shape index (κ3) is 2.83. The van der Waals surface area contributed by atoms with Crippen LogP contribution >= 0.6 is 0 Å². The van der Waals surface area contributed by atoms with Crippen LogP contribution in [0.3, 0.4) is 0 Å². The Labute approximate surface area is 63.1 Å². The van der Waals surface area contributed by atoms with E-state index in [4.69, 9.17) is 5.11 Å². The number of aliphatic hydroxyl groups excluding tert-OH is 1. The monoisotopic (exact) mass is 140 g/mol. The smallest absolute Gasteiger partial charge is 0.0724 e. The van der Waals surface area contributed by atoms with E-state index in [1.165, 1.54) is 0 Å². The minimum absolute atomic E-state index is 0.323. The van der Waals surface area contributed by atoms with Crippen LogP contribution in [0.1, 0.15) is 27.7 Å². The van der Waals surface area contributed by atoms with Crippen molar-refractivity contribution < 1.29 is 5.11 Å². The minimum Gasteiger partial charge on any atom is -0.389 e. The van der Waals surface area contributed by atoms with Crippen molar-refractivity contribution in [2.75, 3.05) is 0 Å². The maximum Gasteiger partial charge on any atom is 0.0724 e. The molecule has 0 saturated carbocycles. The number of allylic oxidation sites excluding steroid dienone is 3. The molecule has 0 aromatic heterocycles. The first kappa shape index (κ1) is 9.44. The van der Waals surface area contributed by atoms with Gasteiger partial charge in [-0.3, -0.25) is 0 Å². The molecular weight excluding hydrogens is 124 g/mol. The average molecular weight is 140 g/mol. The molecule has 0 aliphatic carbocycles. The maximum absolute atomic E-state index is 9.13. The fraction of sp³-hybridized carbons (Fsp3) is 0.556. The Bertz CT molecular complexity index is 152. The number of hydrogen-bond acceptors (Lipinski definition) is 1. The highest BCUT2D eigenvalue weighted by atomic mass is 16.3. The van der Waals surface area contributed by atoms with Gasteiger partial charge in [0.05, 0.1) is 6.10 Å². The molecule has 1 N–H and O–H groups in total. The first-order chi connectivity index (χ1) is 4.59. The Hall–Kier alpha value is -0.560. The van der Waals surface area contributed by atoms with Gasteiger partial charge >= 0.3 is 0 Å². The van der Waals surface area contributed by atoms with Gasteiger partial charge in [-0.2, -0.15) is 0 Å². The lowest BCUT2D eigenvalue weighted by Gasteiger charge is -2.06. The van der Waals surface area contributed by atoms with Gasteiger partial charge in [-0.25, -0.2) is 0 Å². The molecule has 0 aliphatic rings. The molecule has 1 unspecified atom stereocenters. The van der Waals surface area contributed by atoms with E-state index in [0.29, 0.717) is 0 Å². The fourth-order valence-corrected chi connectivity index (χ4v) is 0.711. The molecule has 0 aromatic carbocycles. The van der Waals surface area contributed by atoms with Crippen molar-refractivity contribution in [2.24, 2.45) is 0 Å². The average Bonchev–Trinajstić information content (AvgIpc) is 1.87. The Morgan fingerprint density at radius 3 is 2.20 bits per heavy atom. The predicted molar refractivity (Wildman–Crippen MR) is 44.9 cm³/mol. The lowest BCUT2D eigenvalue weighted by atomic mass is 10.1. The van der Waals surface area contributed by atoms with E-state index in [0.717, 1.165) is 11.1 Å². The highest BCUT2D eigenvalue weighted by Crippen LogP contribution is 2.08. The zero-order valence-electron chi connectivity index (χ0n) is 7.18. The van der Waals surface area contributed by atoms with Crippen molar-refractivity contribution in [3.05, 3.63) is 23.3 Å². The van der Waals surface area contributed by atoms with Gasteiger partial charge in [-0.1, -0.05) is 12.2 Å². The molecule has 58 valence electrons. The van der Waals surface area contributed by atoms with Gasteiger partial charge in [0.1, 0.15) is 0 Å². The SMILES string of the molecule is C/C=C/C(C)=C(/C)C(C)O. The lowest BCUT2D eigenvalue weighted by Crippen LogP contribution is -2.02. The van der Waals surface area contributed by atoms with Gasteiger partial charge in [0, 0.05) is 0 Å². The first-order valence-electron chi connectivity index (χ1n) is 3.57. The van der Waals surface area contributed by atoms with Crippen LogP contribution in [0.15, 0.2) is 23.3 Å². The van der Waals surface area contributed by atoms with Gasteiger partial charge in [-0.05, 0) is 38.8 Å². The van der Waals surface area contributed by atoms with E-state index in [1.807, 2.05) is 32.9 Å². The van der Waals surface area contributed by atoms with Crippen LogP contribution < -0.4 is 0 Å². The number of hydrogen-bond donors (Lipinski definition) is 1. The molecular formula is C9H16O.